The molecule has 0 spiro atoms. The summed E-state index contributed by atoms with van der Waals surface area (Å²) < 4.78 is 5.21. The fourth-order valence-corrected chi connectivity index (χ4v) is 2.85. The van der Waals surface area contributed by atoms with E-state index < -0.39 is 0 Å². The van der Waals surface area contributed by atoms with Crippen LogP contribution in [0.25, 0.3) is 10.6 Å². The molecule has 0 bridgehead atoms. The number of allylic oxidation sites excluding steroid dienone is 1. The first-order valence-electron chi connectivity index (χ1n) is 7.16. The molecule has 1 heterocycles. The van der Waals surface area contributed by atoms with Gasteiger partial charge in [-0.2, -0.15) is 0 Å². The van der Waals surface area contributed by atoms with E-state index in [4.69, 9.17) is 4.74 Å². The van der Waals surface area contributed by atoms with E-state index in [1.807, 2.05) is 25.3 Å². The third kappa shape index (κ3) is 4.53. The van der Waals surface area contributed by atoms with Crippen LogP contribution in [0.5, 0.6) is 5.75 Å². The van der Waals surface area contributed by atoms with E-state index in [2.05, 4.69) is 11.9 Å². The predicted octanol–water partition coefficient (Wildman–Crippen LogP) is 4.63. The molecule has 0 fully saturated rings. The molecule has 0 saturated carbocycles. The van der Waals surface area contributed by atoms with Gasteiger partial charge in [0.1, 0.15) is 10.8 Å². The fraction of sp³-hybridized carbons (Fsp3) is 0.294. The monoisotopic (exact) mass is 301 g/mol. The summed E-state index contributed by atoms with van der Waals surface area (Å²) in [5, 5.41) is 1.00. The van der Waals surface area contributed by atoms with Gasteiger partial charge in [-0.05, 0) is 37.1 Å². The van der Waals surface area contributed by atoms with Gasteiger partial charge in [0, 0.05) is 22.7 Å². The molecule has 0 atom stereocenters. The number of carbonyl (C=O) groups excluding carboxylic acids is 1. The summed E-state index contributed by atoms with van der Waals surface area (Å²) >= 11 is 1.71. The maximum Gasteiger partial charge on any atom is 0.335 e. The number of esters is 1. The van der Waals surface area contributed by atoms with Crippen LogP contribution in [0.3, 0.4) is 0 Å². The molecule has 2 rings (SSSR count). The average Bonchev–Trinajstić information content (AvgIpc) is 2.95. The minimum absolute atomic E-state index is 0.343. The molecule has 0 radical (unpaired) electrons. The average molecular weight is 301 g/mol. The smallest absolute Gasteiger partial charge is 0.335 e. The van der Waals surface area contributed by atoms with Gasteiger partial charge in [0.25, 0.3) is 0 Å². The summed E-state index contributed by atoms with van der Waals surface area (Å²) in [7, 11) is 0. The normalized spacial score (nSPS) is 11.0. The Hall–Kier alpha value is -1.94. The van der Waals surface area contributed by atoms with Crippen molar-refractivity contribution in [3.8, 4) is 16.3 Å². The SMILES string of the molecule is CCC=CC(=O)Oc1ccc(-c2ncc(CCC)s2)cc1. The van der Waals surface area contributed by atoms with Crippen molar-refractivity contribution in [2.75, 3.05) is 0 Å². The number of hydrogen-bond donors (Lipinski definition) is 0. The van der Waals surface area contributed by atoms with Crippen LogP contribution in [0.15, 0.2) is 42.6 Å². The molecule has 3 nitrogen and oxygen atoms in total. The third-order valence-electron chi connectivity index (χ3n) is 2.86. The molecule has 21 heavy (non-hydrogen) atoms. The standard InChI is InChI=1S/C17H19NO2S/c1-3-5-7-16(19)20-14-10-8-13(9-11-14)17-18-12-15(21-17)6-4-2/h5,7-12H,3-4,6H2,1-2H3. The maximum atomic E-state index is 11.5. The van der Waals surface area contributed by atoms with Gasteiger partial charge >= 0.3 is 5.97 Å². The van der Waals surface area contributed by atoms with Gasteiger partial charge in [0.2, 0.25) is 0 Å². The molecule has 0 amide bonds. The van der Waals surface area contributed by atoms with E-state index in [1.54, 1.807) is 29.5 Å². The lowest BCUT2D eigenvalue weighted by molar-refractivity contribution is -0.129. The van der Waals surface area contributed by atoms with Crippen molar-refractivity contribution in [2.45, 2.75) is 33.1 Å². The number of carbonyl (C=O) groups is 1. The van der Waals surface area contributed by atoms with Crippen molar-refractivity contribution >= 4 is 17.3 Å². The zero-order valence-electron chi connectivity index (χ0n) is 12.3. The number of aromatic nitrogens is 1. The second kappa shape index (κ2) is 7.74. The molecule has 0 aliphatic rings. The Kier molecular flexibility index (Phi) is 5.69. The summed E-state index contributed by atoms with van der Waals surface area (Å²) in [6.07, 6.45) is 8.18. The highest BCUT2D eigenvalue weighted by Crippen LogP contribution is 2.27. The number of ether oxygens (including phenoxy) is 1. The Morgan fingerprint density at radius 3 is 2.71 bits per heavy atom. The lowest BCUT2D eigenvalue weighted by Crippen LogP contribution is -2.03. The van der Waals surface area contributed by atoms with Crippen LogP contribution in [0.2, 0.25) is 0 Å². The third-order valence-corrected chi connectivity index (χ3v) is 3.97. The van der Waals surface area contributed by atoms with E-state index in [-0.39, 0.29) is 5.97 Å². The Balaban J connectivity index is 2.04. The van der Waals surface area contributed by atoms with Gasteiger partial charge in [-0.1, -0.05) is 26.3 Å². The molecule has 0 aliphatic carbocycles. The van der Waals surface area contributed by atoms with Crippen LogP contribution in [0.1, 0.15) is 31.6 Å². The number of rotatable bonds is 6. The molecule has 1 aromatic heterocycles. The Labute approximate surface area is 129 Å². The van der Waals surface area contributed by atoms with Gasteiger partial charge in [-0.25, -0.2) is 9.78 Å². The van der Waals surface area contributed by atoms with E-state index in [9.17, 15) is 4.79 Å². The first-order valence-corrected chi connectivity index (χ1v) is 7.98. The lowest BCUT2D eigenvalue weighted by atomic mass is 10.2. The maximum absolute atomic E-state index is 11.5. The van der Waals surface area contributed by atoms with Crippen molar-refractivity contribution in [3.05, 3.63) is 47.5 Å². The number of aryl methyl sites for hydroxylation is 1. The van der Waals surface area contributed by atoms with Crippen LogP contribution in [-0.2, 0) is 11.2 Å². The highest BCUT2D eigenvalue weighted by atomic mass is 32.1. The van der Waals surface area contributed by atoms with Gasteiger partial charge in [0.05, 0.1) is 0 Å². The van der Waals surface area contributed by atoms with Crippen molar-refractivity contribution in [1.29, 1.82) is 0 Å². The molecule has 0 aliphatic heterocycles. The largest absolute Gasteiger partial charge is 0.423 e. The Morgan fingerprint density at radius 2 is 2.05 bits per heavy atom. The zero-order valence-corrected chi connectivity index (χ0v) is 13.2. The molecule has 110 valence electrons. The van der Waals surface area contributed by atoms with E-state index in [0.717, 1.165) is 29.8 Å². The second-order valence-corrected chi connectivity index (χ2v) is 5.75. The Morgan fingerprint density at radius 1 is 1.29 bits per heavy atom. The van der Waals surface area contributed by atoms with Crippen LogP contribution < -0.4 is 4.74 Å². The molecule has 1 aromatic carbocycles. The van der Waals surface area contributed by atoms with Gasteiger partial charge in [-0.3, -0.25) is 0 Å². The van der Waals surface area contributed by atoms with Crippen molar-refractivity contribution in [2.24, 2.45) is 0 Å². The van der Waals surface area contributed by atoms with Crippen molar-refractivity contribution in [1.82, 2.24) is 4.98 Å². The van der Waals surface area contributed by atoms with E-state index in [1.165, 1.54) is 11.0 Å². The molecular weight excluding hydrogens is 282 g/mol. The quantitative estimate of drug-likeness (QED) is 0.443. The summed E-state index contributed by atoms with van der Waals surface area (Å²) in [6.45, 7) is 4.13. The number of benzene rings is 1. The predicted molar refractivity (Wildman–Crippen MR) is 86.6 cm³/mol. The van der Waals surface area contributed by atoms with Crippen LogP contribution >= 0.6 is 11.3 Å². The first-order chi connectivity index (χ1) is 10.2. The summed E-state index contributed by atoms with van der Waals surface area (Å²) in [6, 6.07) is 7.46. The van der Waals surface area contributed by atoms with Crippen molar-refractivity contribution < 1.29 is 9.53 Å². The Bertz CT molecular complexity index is 614. The zero-order chi connectivity index (χ0) is 15.1. The molecule has 2 aromatic rings. The number of nitrogens with zero attached hydrogens (tertiary/aromatic N) is 1. The van der Waals surface area contributed by atoms with Crippen LogP contribution in [0, 0.1) is 0 Å². The molecule has 0 saturated heterocycles. The molecule has 0 unspecified atom stereocenters. The van der Waals surface area contributed by atoms with Crippen molar-refractivity contribution in [3.63, 3.8) is 0 Å². The van der Waals surface area contributed by atoms with Gasteiger partial charge < -0.3 is 4.74 Å². The summed E-state index contributed by atoms with van der Waals surface area (Å²) in [5.74, 6) is 0.207. The van der Waals surface area contributed by atoms with Gasteiger partial charge in [0.15, 0.2) is 0 Å². The molecular formula is C17H19NO2S. The minimum Gasteiger partial charge on any atom is -0.423 e. The summed E-state index contributed by atoms with van der Waals surface area (Å²) in [4.78, 5) is 17.2. The first kappa shape index (κ1) is 15.4. The topological polar surface area (TPSA) is 39.2 Å². The lowest BCUT2D eigenvalue weighted by Gasteiger charge is -2.02. The minimum atomic E-state index is -0.343. The molecule has 4 heteroatoms. The second-order valence-electron chi connectivity index (χ2n) is 4.64. The fourth-order valence-electron chi connectivity index (χ4n) is 1.83. The van der Waals surface area contributed by atoms with Crippen LogP contribution in [-0.4, -0.2) is 11.0 Å². The molecule has 0 N–H and O–H groups in total. The van der Waals surface area contributed by atoms with Gasteiger partial charge in [-0.15, -0.1) is 11.3 Å². The highest BCUT2D eigenvalue weighted by Gasteiger charge is 2.06. The highest BCUT2D eigenvalue weighted by molar-refractivity contribution is 7.15. The number of hydrogen-bond acceptors (Lipinski definition) is 4. The van der Waals surface area contributed by atoms with Crippen LogP contribution in [0.4, 0.5) is 0 Å². The van der Waals surface area contributed by atoms with E-state index in [0.29, 0.717) is 5.75 Å². The number of thiazole rings is 1. The summed E-state index contributed by atoms with van der Waals surface area (Å²) in [5.41, 5.74) is 1.05. The van der Waals surface area contributed by atoms with E-state index >= 15 is 0 Å².